The molecule has 0 radical (unpaired) electrons. The van der Waals surface area contributed by atoms with E-state index in [1.165, 1.54) is 37.1 Å². The van der Waals surface area contributed by atoms with Gasteiger partial charge in [-0.1, -0.05) is 31.2 Å². The topological polar surface area (TPSA) is 66.1 Å². The van der Waals surface area contributed by atoms with Gasteiger partial charge in [-0.15, -0.1) is 0 Å². The molecule has 1 aromatic rings. The second-order valence-electron chi connectivity index (χ2n) is 8.23. The van der Waals surface area contributed by atoms with Crippen molar-refractivity contribution in [3.05, 3.63) is 35.4 Å². The molecular formula is C22H37N5O. The summed E-state index contributed by atoms with van der Waals surface area (Å²) in [5, 5.41) is 3.23. The van der Waals surface area contributed by atoms with Crippen molar-refractivity contribution >= 4 is 5.96 Å². The number of ether oxygens (including phenoxy) is 1. The highest BCUT2D eigenvalue weighted by Gasteiger charge is 2.16. The minimum atomic E-state index is 0.536. The Morgan fingerprint density at radius 1 is 1.14 bits per heavy atom. The summed E-state index contributed by atoms with van der Waals surface area (Å²) in [6.07, 6.45) is 3.77. The molecule has 156 valence electrons. The van der Waals surface area contributed by atoms with E-state index in [0.717, 1.165) is 58.3 Å². The van der Waals surface area contributed by atoms with Gasteiger partial charge in [0.2, 0.25) is 0 Å². The molecule has 1 aromatic carbocycles. The van der Waals surface area contributed by atoms with Crippen LogP contribution in [0.4, 0.5) is 0 Å². The highest BCUT2D eigenvalue weighted by atomic mass is 16.5. The number of likely N-dealkylation sites (tertiary alicyclic amines) is 1. The first-order chi connectivity index (χ1) is 13.7. The maximum atomic E-state index is 6.01. The number of piperidine rings is 1. The number of nitrogens with one attached hydrogen (secondary N) is 1. The van der Waals surface area contributed by atoms with Crippen molar-refractivity contribution in [1.82, 2.24) is 15.1 Å². The van der Waals surface area contributed by atoms with E-state index in [1.54, 1.807) is 0 Å². The first-order valence-corrected chi connectivity index (χ1v) is 10.8. The van der Waals surface area contributed by atoms with E-state index < -0.39 is 0 Å². The van der Waals surface area contributed by atoms with Crippen LogP contribution in [-0.4, -0.2) is 68.2 Å². The van der Waals surface area contributed by atoms with Crippen LogP contribution in [0.5, 0.6) is 0 Å². The van der Waals surface area contributed by atoms with E-state index >= 15 is 0 Å². The highest BCUT2D eigenvalue weighted by Crippen LogP contribution is 2.18. The maximum absolute atomic E-state index is 6.01. The summed E-state index contributed by atoms with van der Waals surface area (Å²) >= 11 is 0. The van der Waals surface area contributed by atoms with Crippen LogP contribution in [0.2, 0.25) is 0 Å². The fourth-order valence-electron chi connectivity index (χ4n) is 4.01. The predicted octanol–water partition coefficient (Wildman–Crippen LogP) is 2.05. The third-order valence-corrected chi connectivity index (χ3v) is 5.66. The SMILES string of the molecule is CC1CCCN(Cc2ccc(CN=C(N)NCCCN3CCOCC3)cc2)C1. The van der Waals surface area contributed by atoms with Crippen LogP contribution in [0.3, 0.4) is 0 Å². The van der Waals surface area contributed by atoms with Gasteiger partial charge in [0.25, 0.3) is 0 Å². The predicted molar refractivity (Wildman–Crippen MR) is 115 cm³/mol. The lowest BCUT2D eigenvalue weighted by Crippen LogP contribution is -2.39. The zero-order chi connectivity index (χ0) is 19.6. The first kappa shape index (κ1) is 21.1. The monoisotopic (exact) mass is 387 g/mol. The lowest BCUT2D eigenvalue weighted by Gasteiger charge is -2.30. The zero-order valence-corrected chi connectivity index (χ0v) is 17.4. The van der Waals surface area contributed by atoms with Gasteiger partial charge in [-0.25, -0.2) is 4.99 Å². The van der Waals surface area contributed by atoms with Crippen molar-refractivity contribution in [2.75, 3.05) is 52.5 Å². The molecule has 0 amide bonds. The van der Waals surface area contributed by atoms with Gasteiger partial charge in [0, 0.05) is 32.7 Å². The molecule has 2 aliphatic rings. The minimum Gasteiger partial charge on any atom is -0.379 e. The van der Waals surface area contributed by atoms with Crippen LogP contribution in [0.25, 0.3) is 0 Å². The van der Waals surface area contributed by atoms with Crippen molar-refractivity contribution < 1.29 is 4.74 Å². The van der Waals surface area contributed by atoms with Crippen LogP contribution in [0.15, 0.2) is 29.3 Å². The highest BCUT2D eigenvalue weighted by molar-refractivity contribution is 5.77. The first-order valence-electron chi connectivity index (χ1n) is 10.8. The minimum absolute atomic E-state index is 0.536. The molecule has 0 spiro atoms. The zero-order valence-electron chi connectivity index (χ0n) is 17.4. The summed E-state index contributed by atoms with van der Waals surface area (Å²) in [4.78, 5) is 9.48. The molecule has 3 N–H and O–H groups in total. The fraction of sp³-hybridized carbons (Fsp3) is 0.682. The maximum Gasteiger partial charge on any atom is 0.188 e. The fourth-order valence-corrected chi connectivity index (χ4v) is 4.01. The van der Waals surface area contributed by atoms with Gasteiger partial charge in [-0.05, 0) is 49.4 Å². The van der Waals surface area contributed by atoms with Crippen LogP contribution in [0, 0.1) is 5.92 Å². The van der Waals surface area contributed by atoms with Gasteiger partial charge in [0.05, 0.1) is 19.8 Å². The molecule has 2 aliphatic heterocycles. The Bertz CT molecular complexity index is 597. The Balaban J connectivity index is 1.33. The molecule has 2 fully saturated rings. The number of morpholine rings is 1. The van der Waals surface area contributed by atoms with E-state index in [-0.39, 0.29) is 0 Å². The number of rotatable bonds is 8. The third kappa shape index (κ3) is 7.41. The summed E-state index contributed by atoms with van der Waals surface area (Å²) in [5.41, 5.74) is 8.59. The molecule has 0 aromatic heterocycles. The molecule has 0 aliphatic carbocycles. The second-order valence-corrected chi connectivity index (χ2v) is 8.23. The third-order valence-electron chi connectivity index (χ3n) is 5.66. The second kappa shape index (κ2) is 11.4. The van der Waals surface area contributed by atoms with Crippen LogP contribution in [0.1, 0.15) is 37.3 Å². The standard InChI is InChI=1S/C22H37N5O/c1-19-4-2-10-27(17-19)18-21-7-5-20(6-8-21)16-25-22(23)24-9-3-11-26-12-14-28-15-13-26/h5-8,19H,2-4,9-18H2,1H3,(H3,23,24,25). The molecular weight excluding hydrogens is 350 g/mol. The molecule has 1 atom stereocenters. The molecule has 28 heavy (non-hydrogen) atoms. The Morgan fingerprint density at radius 2 is 1.89 bits per heavy atom. The molecule has 2 saturated heterocycles. The lowest BCUT2D eigenvalue weighted by molar-refractivity contribution is 0.0376. The molecule has 1 unspecified atom stereocenters. The van der Waals surface area contributed by atoms with Crippen molar-refractivity contribution in [2.24, 2.45) is 16.6 Å². The number of benzene rings is 1. The summed E-state index contributed by atoms with van der Waals surface area (Å²) in [6.45, 7) is 12.2. The Labute approximate surface area is 170 Å². The molecule has 6 heteroatoms. The Hall–Kier alpha value is -1.63. The number of nitrogens with two attached hydrogens (primary N) is 1. The van der Waals surface area contributed by atoms with Gasteiger partial charge in [-0.2, -0.15) is 0 Å². The average Bonchev–Trinajstić information content (AvgIpc) is 2.71. The summed E-state index contributed by atoms with van der Waals surface area (Å²) in [5.74, 6) is 1.36. The van der Waals surface area contributed by atoms with Gasteiger partial charge in [-0.3, -0.25) is 9.80 Å². The van der Waals surface area contributed by atoms with E-state index in [1.807, 2.05) is 0 Å². The number of hydrogen-bond donors (Lipinski definition) is 2. The molecule has 6 nitrogen and oxygen atoms in total. The smallest absolute Gasteiger partial charge is 0.188 e. The van der Waals surface area contributed by atoms with Crippen molar-refractivity contribution in [2.45, 2.75) is 39.3 Å². The van der Waals surface area contributed by atoms with Gasteiger partial charge in [0.1, 0.15) is 0 Å². The molecule has 0 saturated carbocycles. The molecule has 2 heterocycles. The van der Waals surface area contributed by atoms with E-state index in [9.17, 15) is 0 Å². The Morgan fingerprint density at radius 3 is 2.64 bits per heavy atom. The van der Waals surface area contributed by atoms with Crippen molar-refractivity contribution in [3.63, 3.8) is 0 Å². The number of hydrogen-bond acceptors (Lipinski definition) is 4. The number of aliphatic imine (C=N–C) groups is 1. The molecule has 0 bridgehead atoms. The summed E-state index contributed by atoms with van der Waals surface area (Å²) in [6, 6.07) is 8.82. The largest absolute Gasteiger partial charge is 0.379 e. The van der Waals surface area contributed by atoms with Crippen molar-refractivity contribution in [1.29, 1.82) is 0 Å². The summed E-state index contributed by atoms with van der Waals surface area (Å²) < 4.78 is 5.37. The van der Waals surface area contributed by atoms with Crippen LogP contribution in [-0.2, 0) is 17.8 Å². The average molecular weight is 388 g/mol. The van der Waals surface area contributed by atoms with Gasteiger partial charge in [0.15, 0.2) is 5.96 Å². The van der Waals surface area contributed by atoms with Gasteiger partial charge >= 0.3 is 0 Å². The van der Waals surface area contributed by atoms with Gasteiger partial charge < -0.3 is 15.8 Å². The number of guanidine groups is 1. The van der Waals surface area contributed by atoms with E-state index in [2.05, 4.69) is 51.3 Å². The van der Waals surface area contributed by atoms with E-state index in [0.29, 0.717) is 12.5 Å². The quantitative estimate of drug-likeness (QED) is 0.406. The molecule has 3 rings (SSSR count). The Kier molecular flexibility index (Phi) is 8.58. The van der Waals surface area contributed by atoms with Crippen molar-refractivity contribution in [3.8, 4) is 0 Å². The lowest BCUT2D eigenvalue weighted by atomic mass is 9.99. The summed E-state index contributed by atoms with van der Waals surface area (Å²) in [7, 11) is 0. The number of nitrogens with zero attached hydrogens (tertiary/aromatic N) is 3. The normalized spacial score (nSPS) is 22.3. The van der Waals surface area contributed by atoms with Crippen LogP contribution >= 0.6 is 0 Å². The van der Waals surface area contributed by atoms with E-state index in [4.69, 9.17) is 10.5 Å². The van der Waals surface area contributed by atoms with Crippen LogP contribution < -0.4 is 11.1 Å².